The number of hydrogen-bond acceptors (Lipinski definition) is 24. The molecule has 44 heteroatoms. The molecule has 7 N–H and O–H groups in total. The van der Waals surface area contributed by atoms with Crippen LogP contribution in [0.4, 0.5) is 47.8 Å². The van der Waals surface area contributed by atoms with Crippen molar-refractivity contribution in [2.24, 2.45) is 7.05 Å². The fourth-order valence-electron chi connectivity index (χ4n) is 6.66. The normalized spacial score (nSPS) is 11.8. The lowest BCUT2D eigenvalue weighted by Gasteiger charge is -2.15. The molecule has 0 bridgehead atoms. The van der Waals surface area contributed by atoms with Gasteiger partial charge < -0.3 is 43.3 Å². The number of carboxylic acid groups (broad SMARTS) is 1. The molecule has 0 aliphatic heterocycles. The maximum atomic E-state index is 12.9. The average molecular weight is 1470 g/mol. The minimum absolute atomic E-state index is 0.0104. The minimum Gasteiger partial charge on any atom is -0.778 e. The molecule has 528 valence electrons. The summed E-state index contributed by atoms with van der Waals surface area (Å²) in [4.78, 5) is 124. The Morgan fingerprint density at radius 3 is 1.84 bits per heavy atom. The number of nitrogens with zero attached hydrogens (tertiary/aromatic N) is 9. The van der Waals surface area contributed by atoms with Crippen molar-refractivity contribution in [3.8, 4) is 23.5 Å². The number of pyridine rings is 1. The van der Waals surface area contributed by atoms with Gasteiger partial charge in [-0.3, -0.25) is 34.9 Å². The average Bonchev–Trinajstić information content (AvgIpc) is 0.789. The molecule has 96 heavy (non-hydrogen) atoms. The molecule has 2 aromatic carbocycles. The molecule has 4 aromatic heterocycles. The van der Waals surface area contributed by atoms with E-state index in [1.54, 1.807) is 23.3 Å². The molecule has 33 nitrogen and oxygen atoms in total. The van der Waals surface area contributed by atoms with Crippen molar-refractivity contribution >= 4 is 91.9 Å². The maximum absolute atomic E-state index is 12.9. The number of halogens is 7. The smallest absolute Gasteiger partial charge is 0.431 e. The Bertz CT molecular complexity index is 4110. The Morgan fingerprint density at radius 2 is 1.34 bits per heavy atom. The standard InChI is InChI=1S/C16H14ClF3N2O4.C15H16F3N5O4S.C15H18N6O6S.C3H8NO5P.C3H9S/c1-8(2)26-14(24)10-6-9(4-5-11(10)17)22-13(23)7-12(16(18,19)20)21(3)15(22)25;1-9-19-12(22-14(20-9)27-2)21-13(24)23-28(25,26)11-6-4-3-5-10(11)7-8-15(16,17)18;1-21(2)13(22)9-6-5-7-16-12(9)28(24,25)20-15(23)19-14-17-10(26-3)8-11(18-14)27-4;5-3(6)1-4-2-10(7,8)9;1-4(2)3/h4-8H,1-3H3;3-6H,7-8H2,1-2H3,(H2,19,20,21,22,23,24);5-8H,1-4H3,(H2,17,18,19,20,23);4H,1-2H2,(H,5,6)(H2,7,8,9);1-3H3/q;;;;+1/p-1. The molecule has 0 spiro atoms. The number of carbonyl (C=O) groups is 5. The minimum atomic E-state index is -4.86. The highest BCUT2D eigenvalue weighted by Crippen LogP contribution is 2.29. The molecular weight excluding hydrogens is 1400 g/mol. The van der Waals surface area contributed by atoms with E-state index in [-0.39, 0.29) is 62.9 Å². The third-order valence-electron chi connectivity index (χ3n) is 10.5. The van der Waals surface area contributed by atoms with Crippen LogP contribution in [0.1, 0.15) is 58.1 Å². The molecule has 0 radical (unpaired) electrons. The van der Waals surface area contributed by atoms with Crippen LogP contribution in [0.15, 0.2) is 92.4 Å². The highest BCUT2D eigenvalue weighted by Gasteiger charge is 2.36. The number of anilines is 2. The first kappa shape index (κ1) is 83.0. The van der Waals surface area contributed by atoms with Crippen molar-refractivity contribution in [3.05, 3.63) is 127 Å². The van der Waals surface area contributed by atoms with E-state index in [0.717, 1.165) is 19.2 Å². The van der Waals surface area contributed by atoms with E-state index in [2.05, 4.69) is 59.3 Å². The van der Waals surface area contributed by atoms with Crippen molar-refractivity contribution in [1.82, 2.24) is 58.7 Å². The van der Waals surface area contributed by atoms with Crippen molar-refractivity contribution in [2.45, 2.75) is 62.0 Å². The number of aryl methyl sites for hydroxylation is 2. The Labute approximate surface area is 551 Å². The second-order valence-electron chi connectivity index (χ2n) is 19.4. The van der Waals surface area contributed by atoms with Crippen molar-refractivity contribution < 1.29 is 106 Å². The van der Waals surface area contributed by atoms with Gasteiger partial charge in [-0.2, -0.15) is 59.7 Å². The zero-order chi connectivity index (χ0) is 73.4. The van der Waals surface area contributed by atoms with Crippen LogP contribution in [0.2, 0.25) is 5.02 Å². The third kappa shape index (κ3) is 28.5. The van der Waals surface area contributed by atoms with Gasteiger partial charge in [0.05, 0.1) is 91.8 Å². The summed E-state index contributed by atoms with van der Waals surface area (Å²) in [5, 5.41) is 13.7. The number of hydrogen-bond donors (Lipinski definition) is 7. The van der Waals surface area contributed by atoms with E-state index >= 15 is 0 Å². The first-order valence-corrected chi connectivity index (χ1v) is 33.9. The van der Waals surface area contributed by atoms with Crippen LogP contribution >= 0.6 is 19.2 Å². The Balaban J connectivity index is 0.000000445. The molecule has 1 atom stereocenters. The second-order valence-corrected chi connectivity index (χ2v) is 27.1. The van der Waals surface area contributed by atoms with Crippen molar-refractivity contribution in [3.63, 3.8) is 0 Å². The first-order valence-electron chi connectivity index (χ1n) is 26.3. The summed E-state index contributed by atoms with van der Waals surface area (Å²) >= 11 is 5.94. The third-order valence-corrected chi connectivity index (χ3v) is 14.2. The van der Waals surface area contributed by atoms with Crippen LogP contribution in [0, 0.1) is 6.92 Å². The van der Waals surface area contributed by atoms with Gasteiger partial charge in [-0.25, -0.2) is 46.6 Å². The lowest BCUT2D eigenvalue weighted by molar-refractivity contribution is -0.193. The fourth-order valence-corrected chi connectivity index (χ4v) is 9.46. The summed E-state index contributed by atoms with van der Waals surface area (Å²) in [5.41, 5.74) is -4.26. The van der Waals surface area contributed by atoms with Crippen LogP contribution in [0.25, 0.3) is 5.69 Å². The predicted molar refractivity (Wildman–Crippen MR) is 331 cm³/mol. The van der Waals surface area contributed by atoms with E-state index in [1.165, 1.54) is 102 Å². The largest absolute Gasteiger partial charge is 0.778 e. The van der Waals surface area contributed by atoms with Gasteiger partial charge >= 0.3 is 48.1 Å². The maximum Gasteiger partial charge on any atom is 0.431 e. The van der Waals surface area contributed by atoms with Gasteiger partial charge in [0.15, 0.2) is 5.03 Å². The van der Waals surface area contributed by atoms with Gasteiger partial charge in [-0.15, -0.1) is 0 Å². The number of alkyl halides is 6. The number of ether oxygens (including phenoxy) is 4. The molecule has 1 unspecified atom stereocenters. The summed E-state index contributed by atoms with van der Waals surface area (Å²) in [5.74, 6) is -2.67. The van der Waals surface area contributed by atoms with E-state index < -0.39 is 129 Å². The van der Waals surface area contributed by atoms with Crippen LogP contribution in [-0.2, 0) is 64.7 Å². The first-order chi connectivity index (χ1) is 44.2. The van der Waals surface area contributed by atoms with Gasteiger partial charge in [0, 0.05) is 39.8 Å². The number of amides is 5. The molecule has 0 aliphatic carbocycles. The Morgan fingerprint density at radius 1 is 0.792 bits per heavy atom. The fraction of sp³-hybridized carbons (Fsp3) is 0.365. The zero-order valence-electron chi connectivity index (χ0n) is 52.5. The lowest BCUT2D eigenvalue weighted by Crippen LogP contribution is -2.40. The van der Waals surface area contributed by atoms with Gasteiger partial charge in [0.25, 0.3) is 31.5 Å². The SMILES string of the molecule is CC(C)OC(=O)c1cc(-n2c(=O)cc(C(F)(F)F)n(C)c2=O)ccc1Cl.COc1cc(OC)nc(NC(=O)NS(=O)(=O)c2ncccc2C(=O)N(C)C)n1.COc1nc(C)nc(NC(=O)NS(=O)(=O)c2ccccc2CCC(F)(F)F)n1.C[S+](C)C.O=C(O)CNCP(=O)([O-])O. The molecule has 0 aliphatic rings. The summed E-state index contributed by atoms with van der Waals surface area (Å²) in [6, 6.07) is 10.6. The number of rotatable bonds is 19. The number of benzene rings is 2. The molecule has 6 rings (SSSR count). The molecule has 4 heterocycles. The zero-order valence-corrected chi connectivity index (χ0v) is 56.6. The van der Waals surface area contributed by atoms with Crippen molar-refractivity contribution in [2.75, 3.05) is 77.7 Å². The molecule has 0 saturated carbocycles. The molecule has 6 aromatic rings. The van der Waals surface area contributed by atoms with Gasteiger partial charge in [0.2, 0.25) is 23.7 Å². The van der Waals surface area contributed by atoms with Crippen LogP contribution in [0.3, 0.4) is 0 Å². The van der Waals surface area contributed by atoms with Crippen molar-refractivity contribution in [1.29, 1.82) is 0 Å². The summed E-state index contributed by atoms with van der Waals surface area (Å²) in [7, 11) is -4.80. The molecule has 5 amide bonds. The number of carbonyl (C=O) groups excluding carboxylic acids is 4. The Hall–Kier alpha value is -9.06. The number of esters is 1. The highest BCUT2D eigenvalue weighted by atomic mass is 35.5. The van der Waals surface area contributed by atoms with E-state index in [1.807, 2.05) is 5.32 Å². The highest BCUT2D eigenvalue weighted by molar-refractivity contribution is 7.94. The number of urea groups is 2. The Kier molecular flexibility index (Phi) is 31.8. The second kappa shape index (κ2) is 36.7. The quantitative estimate of drug-likeness (QED) is 0.0263. The monoisotopic (exact) mass is 1460 g/mol. The number of sulfonamides is 2. The number of aromatic nitrogens is 8. The van der Waals surface area contributed by atoms with E-state index in [9.17, 15) is 86.2 Å². The topological polar surface area (TPSA) is 456 Å². The van der Waals surface area contributed by atoms with E-state index in [0.29, 0.717) is 26.1 Å². The molecule has 0 fully saturated rings. The van der Waals surface area contributed by atoms with E-state index in [4.69, 9.17) is 40.5 Å². The molecular formula is C52H64ClF6N14O19PS3. The summed E-state index contributed by atoms with van der Waals surface area (Å²) in [6.45, 7) is 4.26. The van der Waals surface area contributed by atoms with Gasteiger partial charge in [-0.1, -0.05) is 29.8 Å². The van der Waals surface area contributed by atoms with Gasteiger partial charge in [0.1, 0.15) is 19.1 Å². The number of nitrogens with one attached hydrogen (secondary N) is 5. The number of methoxy groups -OCH3 is 3. The van der Waals surface area contributed by atoms with Crippen LogP contribution < -0.4 is 55.7 Å². The lowest BCUT2D eigenvalue weighted by atomic mass is 10.1. The van der Waals surface area contributed by atoms with Gasteiger partial charge in [-0.05, 0) is 80.0 Å². The number of aliphatic carboxylic acids is 1. The summed E-state index contributed by atoms with van der Waals surface area (Å²) < 4.78 is 160. The summed E-state index contributed by atoms with van der Waals surface area (Å²) in [6.07, 6.45) is -4.44. The molecule has 0 saturated heterocycles. The van der Waals surface area contributed by atoms with Crippen LogP contribution in [-0.4, -0.2) is 180 Å². The predicted octanol–water partition coefficient (Wildman–Crippen LogP) is 3.73. The van der Waals surface area contributed by atoms with Crippen LogP contribution in [0.5, 0.6) is 17.8 Å². The number of carboxylic acids is 1.